The molecule has 3 rings (SSSR count). The third-order valence-corrected chi connectivity index (χ3v) is 3.45. The molecule has 3 aromatic rings. The van der Waals surface area contributed by atoms with Gasteiger partial charge in [-0.05, 0) is 35.4 Å². The fourth-order valence-corrected chi connectivity index (χ4v) is 2.32. The molecular formula is C18H15FN2O. The zero-order valence-electron chi connectivity index (χ0n) is 11.9. The summed E-state index contributed by atoms with van der Waals surface area (Å²) in [4.78, 5) is 16.1. The predicted molar refractivity (Wildman–Crippen MR) is 82.4 cm³/mol. The summed E-state index contributed by atoms with van der Waals surface area (Å²) in [5.74, 6) is -0.173. The van der Waals surface area contributed by atoms with Crippen LogP contribution in [0.5, 0.6) is 0 Å². The van der Waals surface area contributed by atoms with Gasteiger partial charge in [0.2, 0.25) is 0 Å². The molecule has 0 saturated carbocycles. The molecule has 0 unspecified atom stereocenters. The lowest BCUT2D eigenvalue weighted by molar-refractivity contribution is -0.117. The van der Waals surface area contributed by atoms with Gasteiger partial charge in [0.05, 0.1) is 6.33 Å². The topological polar surface area (TPSA) is 34.9 Å². The second kappa shape index (κ2) is 6.35. The Labute approximate surface area is 128 Å². The van der Waals surface area contributed by atoms with Crippen LogP contribution < -0.4 is 0 Å². The summed E-state index contributed by atoms with van der Waals surface area (Å²) in [5, 5.41) is 0. The Balaban J connectivity index is 1.63. The molecule has 0 aliphatic heterocycles. The van der Waals surface area contributed by atoms with Crippen LogP contribution in [0.3, 0.4) is 0 Å². The molecule has 3 nitrogen and oxygen atoms in total. The number of hydrogen-bond donors (Lipinski definition) is 0. The summed E-state index contributed by atoms with van der Waals surface area (Å²) in [7, 11) is 0. The number of imidazole rings is 1. The Morgan fingerprint density at radius 1 is 0.955 bits per heavy atom. The standard InChI is InChI=1S/C18H15FN2O/c19-16-5-1-14(2-6-16)11-18(22)12-15-3-7-17(8-4-15)21-10-9-20-13-21/h1-10,13H,11-12H2. The Morgan fingerprint density at radius 3 is 2.09 bits per heavy atom. The minimum atomic E-state index is -0.286. The molecule has 0 aliphatic rings. The van der Waals surface area contributed by atoms with E-state index in [9.17, 15) is 9.18 Å². The Bertz CT molecular complexity index is 747. The molecule has 0 spiro atoms. The lowest BCUT2D eigenvalue weighted by Crippen LogP contribution is -2.06. The maximum Gasteiger partial charge on any atom is 0.141 e. The van der Waals surface area contributed by atoms with E-state index in [1.54, 1.807) is 24.7 Å². The molecule has 22 heavy (non-hydrogen) atoms. The maximum absolute atomic E-state index is 12.8. The number of ketones is 1. The number of Topliss-reactive ketones (excluding diaryl/α,β-unsaturated/α-hetero) is 1. The quantitative estimate of drug-likeness (QED) is 0.723. The fraction of sp³-hybridized carbons (Fsp3) is 0.111. The second-order valence-electron chi connectivity index (χ2n) is 5.16. The van der Waals surface area contributed by atoms with Gasteiger partial charge in [0.1, 0.15) is 11.6 Å². The van der Waals surface area contributed by atoms with Crippen LogP contribution in [0.15, 0.2) is 67.3 Å². The van der Waals surface area contributed by atoms with Crippen molar-refractivity contribution < 1.29 is 9.18 Å². The van der Waals surface area contributed by atoms with Crippen LogP contribution >= 0.6 is 0 Å². The van der Waals surface area contributed by atoms with Crippen LogP contribution in [0.2, 0.25) is 0 Å². The third-order valence-electron chi connectivity index (χ3n) is 3.45. The Morgan fingerprint density at radius 2 is 1.55 bits per heavy atom. The zero-order valence-corrected chi connectivity index (χ0v) is 11.9. The van der Waals surface area contributed by atoms with Gasteiger partial charge >= 0.3 is 0 Å². The van der Waals surface area contributed by atoms with Crippen molar-refractivity contribution in [3.63, 3.8) is 0 Å². The van der Waals surface area contributed by atoms with E-state index in [0.29, 0.717) is 12.8 Å². The summed E-state index contributed by atoms with van der Waals surface area (Å²) < 4.78 is 14.7. The van der Waals surface area contributed by atoms with E-state index in [2.05, 4.69) is 4.98 Å². The van der Waals surface area contributed by atoms with E-state index in [0.717, 1.165) is 16.8 Å². The van der Waals surface area contributed by atoms with Crippen molar-refractivity contribution in [2.45, 2.75) is 12.8 Å². The van der Waals surface area contributed by atoms with Crippen molar-refractivity contribution in [1.29, 1.82) is 0 Å². The minimum Gasteiger partial charge on any atom is -0.306 e. The Hall–Kier alpha value is -2.75. The van der Waals surface area contributed by atoms with Crippen LogP contribution in [-0.2, 0) is 17.6 Å². The van der Waals surface area contributed by atoms with Crippen molar-refractivity contribution in [1.82, 2.24) is 9.55 Å². The van der Waals surface area contributed by atoms with Crippen molar-refractivity contribution in [2.24, 2.45) is 0 Å². The molecule has 0 N–H and O–H groups in total. The van der Waals surface area contributed by atoms with E-state index >= 15 is 0 Å². The van der Waals surface area contributed by atoms with Crippen LogP contribution in [0.1, 0.15) is 11.1 Å². The molecule has 0 radical (unpaired) electrons. The van der Waals surface area contributed by atoms with E-state index in [1.165, 1.54) is 12.1 Å². The molecule has 0 saturated heterocycles. The molecule has 0 amide bonds. The van der Waals surface area contributed by atoms with E-state index in [1.807, 2.05) is 35.0 Å². The largest absolute Gasteiger partial charge is 0.306 e. The molecule has 4 heteroatoms. The summed E-state index contributed by atoms with van der Waals surface area (Å²) in [6, 6.07) is 13.9. The first-order valence-corrected chi connectivity index (χ1v) is 7.04. The summed E-state index contributed by atoms with van der Waals surface area (Å²) in [6.07, 6.45) is 6.02. The molecule has 1 heterocycles. The van der Waals surface area contributed by atoms with Gasteiger partial charge in [-0.3, -0.25) is 4.79 Å². The van der Waals surface area contributed by atoms with Crippen molar-refractivity contribution >= 4 is 5.78 Å². The van der Waals surface area contributed by atoms with Crippen LogP contribution in [0.4, 0.5) is 4.39 Å². The highest BCUT2D eigenvalue weighted by Crippen LogP contribution is 2.11. The number of benzene rings is 2. The van der Waals surface area contributed by atoms with Gasteiger partial charge in [0.15, 0.2) is 0 Å². The molecule has 2 aromatic carbocycles. The van der Waals surface area contributed by atoms with E-state index in [4.69, 9.17) is 0 Å². The zero-order chi connectivity index (χ0) is 15.4. The van der Waals surface area contributed by atoms with E-state index < -0.39 is 0 Å². The highest BCUT2D eigenvalue weighted by molar-refractivity contribution is 5.83. The summed E-state index contributed by atoms with van der Waals surface area (Å²) >= 11 is 0. The number of halogens is 1. The van der Waals surface area contributed by atoms with Crippen LogP contribution in [0.25, 0.3) is 5.69 Å². The number of carbonyl (C=O) groups excluding carboxylic acids is 1. The molecule has 1 aromatic heterocycles. The smallest absolute Gasteiger partial charge is 0.141 e. The second-order valence-corrected chi connectivity index (χ2v) is 5.16. The van der Waals surface area contributed by atoms with Gasteiger partial charge in [0, 0.05) is 30.9 Å². The average Bonchev–Trinajstić information content (AvgIpc) is 3.05. The molecule has 110 valence electrons. The van der Waals surface area contributed by atoms with Crippen LogP contribution in [0, 0.1) is 5.82 Å². The van der Waals surface area contributed by atoms with Gasteiger partial charge < -0.3 is 4.57 Å². The van der Waals surface area contributed by atoms with E-state index in [-0.39, 0.29) is 11.6 Å². The molecule has 0 fully saturated rings. The number of nitrogens with zero attached hydrogens (tertiary/aromatic N) is 2. The van der Waals surface area contributed by atoms with Gasteiger partial charge in [-0.25, -0.2) is 9.37 Å². The van der Waals surface area contributed by atoms with Crippen molar-refractivity contribution in [3.05, 3.63) is 84.2 Å². The molecule has 0 atom stereocenters. The SMILES string of the molecule is O=C(Cc1ccc(F)cc1)Cc1ccc(-n2ccnc2)cc1. The average molecular weight is 294 g/mol. The first-order chi connectivity index (χ1) is 10.7. The predicted octanol–water partition coefficient (Wildman–Crippen LogP) is 3.37. The third kappa shape index (κ3) is 3.47. The van der Waals surface area contributed by atoms with Gasteiger partial charge in [-0.1, -0.05) is 24.3 Å². The number of rotatable bonds is 5. The minimum absolute atomic E-state index is 0.113. The lowest BCUT2D eigenvalue weighted by Gasteiger charge is -2.05. The normalized spacial score (nSPS) is 10.6. The highest BCUT2D eigenvalue weighted by Gasteiger charge is 2.06. The van der Waals surface area contributed by atoms with Crippen molar-refractivity contribution in [3.8, 4) is 5.69 Å². The highest BCUT2D eigenvalue weighted by atomic mass is 19.1. The number of aromatic nitrogens is 2. The van der Waals surface area contributed by atoms with Gasteiger partial charge in [0.25, 0.3) is 0 Å². The Kier molecular flexibility index (Phi) is 4.10. The molecule has 0 aliphatic carbocycles. The van der Waals surface area contributed by atoms with Gasteiger partial charge in [-0.2, -0.15) is 0 Å². The maximum atomic E-state index is 12.8. The molecule has 0 bridgehead atoms. The first kappa shape index (κ1) is 14.2. The van der Waals surface area contributed by atoms with Gasteiger partial charge in [-0.15, -0.1) is 0 Å². The number of hydrogen-bond acceptors (Lipinski definition) is 2. The molecular weight excluding hydrogens is 279 g/mol. The lowest BCUT2D eigenvalue weighted by atomic mass is 10.0. The summed E-state index contributed by atoms with van der Waals surface area (Å²) in [6.45, 7) is 0. The number of carbonyl (C=O) groups is 1. The van der Waals surface area contributed by atoms with Crippen LogP contribution in [-0.4, -0.2) is 15.3 Å². The first-order valence-electron chi connectivity index (χ1n) is 7.04. The van der Waals surface area contributed by atoms with Crippen molar-refractivity contribution in [2.75, 3.05) is 0 Å². The fourth-order valence-electron chi connectivity index (χ4n) is 2.32. The summed E-state index contributed by atoms with van der Waals surface area (Å²) in [5.41, 5.74) is 2.81. The monoisotopic (exact) mass is 294 g/mol.